The summed E-state index contributed by atoms with van der Waals surface area (Å²) in [6, 6.07) is 7.48. The molecule has 4 nitrogen and oxygen atoms in total. The summed E-state index contributed by atoms with van der Waals surface area (Å²) in [6.07, 6.45) is 8.47. The molecule has 1 aliphatic heterocycles. The molecule has 1 aromatic carbocycles. The van der Waals surface area contributed by atoms with Gasteiger partial charge in [0.1, 0.15) is 5.82 Å². The van der Waals surface area contributed by atoms with Gasteiger partial charge in [-0.25, -0.2) is 4.39 Å². The van der Waals surface area contributed by atoms with Crippen LogP contribution in [0.15, 0.2) is 54.0 Å². The van der Waals surface area contributed by atoms with E-state index in [1.54, 1.807) is 24.4 Å². The van der Waals surface area contributed by atoms with Gasteiger partial charge in [0.05, 0.1) is 23.0 Å². The normalized spacial score (nSPS) is 17.6. The Morgan fingerprint density at radius 3 is 2.55 bits per heavy atom. The van der Waals surface area contributed by atoms with Gasteiger partial charge < -0.3 is 9.88 Å². The highest BCUT2D eigenvalue weighted by Gasteiger charge is 2.33. The molecular weight excluding hydrogens is 367 g/mol. The van der Waals surface area contributed by atoms with E-state index in [4.69, 9.17) is 6.42 Å². The average Bonchev–Trinajstić information content (AvgIpc) is 2.68. The molecule has 0 radical (unpaired) electrons. The molecule has 2 heterocycles. The van der Waals surface area contributed by atoms with Gasteiger partial charge in [-0.1, -0.05) is 45.6 Å². The van der Waals surface area contributed by atoms with E-state index in [-0.39, 0.29) is 22.8 Å². The second-order valence-electron chi connectivity index (χ2n) is 8.08. The third-order valence-corrected chi connectivity index (χ3v) is 5.15. The van der Waals surface area contributed by atoms with Crippen molar-refractivity contribution in [3.8, 4) is 12.3 Å². The summed E-state index contributed by atoms with van der Waals surface area (Å²) in [4.78, 5) is 24.7. The summed E-state index contributed by atoms with van der Waals surface area (Å²) < 4.78 is 15.3. The minimum absolute atomic E-state index is 0.0197. The van der Waals surface area contributed by atoms with Crippen molar-refractivity contribution < 1.29 is 9.18 Å². The van der Waals surface area contributed by atoms with Gasteiger partial charge >= 0.3 is 0 Å². The fraction of sp³-hybridized carbons (Fsp3) is 0.250. The number of nitrogens with one attached hydrogen (secondary N) is 1. The predicted molar refractivity (Wildman–Crippen MR) is 114 cm³/mol. The van der Waals surface area contributed by atoms with Crippen LogP contribution >= 0.6 is 0 Å². The second kappa shape index (κ2) is 7.56. The fourth-order valence-corrected chi connectivity index (χ4v) is 3.59. The number of Topliss-reactive ketones (excluding diaryl/α,β-unsaturated/α-hetero) is 1. The van der Waals surface area contributed by atoms with Crippen molar-refractivity contribution in [2.75, 3.05) is 6.54 Å². The standard InChI is InChI=1S/C24H23FN2O2/c1-6-17(15-8-10-16(25)11-9-15)23-19-12-21(29)18(20(28)7-2)14-27(19)22(13-26-23)24(3,4)5/h2,6,8-12,14,22,26H,1,13H2,3-5H3/b23-17+/t22-/m0/s1. The first-order chi connectivity index (χ1) is 13.7. The lowest BCUT2D eigenvalue weighted by Gasteiger charge is -2.40. The molecule has 0 saturated heterocycles. The van der Waals surface area contributed by atoms with Gasteiger partial charge in [-0.05, 0) is 29.0 Å². The Labute approximate surface area is 169 Å². The number of rotatable bonds is 3. The van der Waals surface area contributed by atoms with Crippen LogP contribution in [-0.2, 0) is 0 Å². The van der Waals surface area contributed by atoms with Crippen LogP contribution in [0.3, 0.4) is 0 Å². The molecule has 148 valence electrons. The fourth-order valence-electron chi connectivity index (χ4n) is 3.59. The maximum atomic E-state index is 13.4. The topological polar surface area (TPSA) is 51.1 Å². The molecule has 0 spiro atoms. The highest BCUT2D eigenvalue weighted by atomic mass is 19.1. The summed E-state index contributed by atoms with van der Waals surface area (Å²) >= 11 is 0. The van der Waals surface area contributed by atoms with Crippen LogP contribution < -0.4 is 10.7 Å². The zero-order chi connectivity index (χ0) is 21.3. The molecule has 0 unspecified atom stereocenters. The molecular formula is C24H23FN2O2. The zero-order valence-electron chi connectivity index (χ0n) is 16.8. The number of pyridine rings is 1. The second-order valence-corrected chi connectivity index (χ2v) is 8.08. The van der Waals surface area contributed by atoms with Gasteiger partial charge in [0.25, 0.3) is 0 Å². The molecule has 2 aromatic rings. The van der Waals surface area contributed by atoms with Crippen LogP contribution in [0.4, 0.5) is 4.39 Å². The van der Waals surface area contributed by atoms with Crippen LogP contribution in [0.5, 0.6) is 0 Å². The van der Waals surface area contributed by atoms with Gasteiger partial charge in [-0.15, -0.1) is 6.42 Å². The first-order valence-electron chi connectivity index (χ1n) is 9.31. The highest BCUT2D eigenvalue weighted by Crippen LogP contribution is 2.37. The van der Waals surface area contributed by atoms with E-state index >= 15 is 0 Å². The van der Waals surface area contributed by atoms with E-state index in [1.165, 1.54) is 18.2 Å². The van der Waals surface area contributed by atoms with Gasteiger partial charge in [0.15, 0.2) is 5.43 Å². The number of hydrogen-bond acceptors (Lipinski definition) is 3. The van der Waals surface area contributed by atoms with Crippen molar-refractivity contribution in [1.29, 1.82) is 0 Å². The molecule has 0 fully saturated rings. The number of benzene rings is 1. The Morgan fingerprint density at radius 1 is 1.34 bits per heavy atom. The van der Waals surface area contributed by atoms with E-state index in [0.29, 0.717) is 17.9 Å². The SMILES string of the molecule is C#CC(=O)c1cn2c(cc1=O)/C(=C(/C=C)c1ccc(F)cc1)NC[C@H]2C(C)(C)C. The molecule has 1 atom stereocenters. The smallest absolute Gasteiger partial charge is 0.241 e. The Bertz CT molecular complexity index is 1110. The molecule has 29 heavy (non-hydrogen) atoms. The molecule has 3 rings (SSSR count). The summed E-state index contributed by atoms with van der Waals surface area (Å²) in [5, 5.41) is 3.42. The number of allylic oxidation sites excluding steroid dienone is 2. The van der Waals surface area contributed by atoms with Gasteiger partial charge in [-0.3, -0.25) is 9.59 Å². The molecule has 1 aliphatic rings. The monoisotopic (exact) mass is 390 g/mol. The van der Waals surface area contributed by atoms with Crippen molar-refractivity contribution in [3.05, 3.63) is 82.0 Å². The van der Waals surface area contributed by atoms with Crippen molar-refractivity contribution in [2.45, 2.75) is 26.8 Å². The number of halogens is 1. The number of fused-ring (bicyclic) bond motifs is 1. The third kappa shape index (κ3) is 3.79. The molecule has 0 bridgehead atoms. The predicted octanol–water partition coefficient (Wildman–Crippen LogP) is 4.05. The van der Waals surface area contributed by atoms with E-state index in [1.807, 2.05) is 10.5 Å². The molecule has 0 amide bonds. The van der Waals surface area contributed by atoms with Crippen molar-refractivity contribution in [2.24, 2.45) is 5.41 Å². The van der Waals surface area contributed by atoms with Crippen molar-refractivity contribution in [3.63, 3.8) is 0 Å². The molecule has 1 aromatic heterocycles. The summed E-state index contributed by atoms with van der Waals surface area (Å²) in [5.74, 6) is 1.06. The van der Waals surface area contributed by atoms with Crippen molar-refractivity contribution >= 4 is 17.1 Å². The Hall–Kier alpha value is -3.39. The largest absolute Gasteiger partial charge is 0.381 e. The van der Waals surface area contributed by atoms with Crippen molar-refractivity contribution in [1.82, 2.24) is 9.88 Å². The minimum Gasteiger partial charge on any atom is -0.381 e. The van der Waals surface area contributed by atoms with E-state index in [0.717, 1.165) is 11.1 Å². The number of carbonyl (C=O) groups excluding carboxylic acids is 1. The number of terminal acetylenes is 1. The lowest BCUT2D eigenvalue weighted by atomic mass is 9.84. The molecule has 0 aliphatic carbocycles. The van der Waals surface area contributed by atoms with Crippen LogP contribution in [0.1, 0.15) is 48.4 Å². The molecule has 0 saturated carbocycles. The highest BCUT2D eigenvalue weighted by molar-refractivity contribution is 6.08. The van der Waals surface area contributed by atoms with Crippen LogP contribution in [0, 0.1) is 23.6 Å². The van der Waals surface area contributed by atoms with E-state index in [2.05, 4.69) is 32.7 Å². The summed E-state index contributed by atoms with van der Waals surface area (Å²) in [7, 11) is 0. The third-order valence-electron chi connectivity index (χ3n) is 5.15. The summed E-state index contributed by atoms with van der Waals surface area (Å²) in [6.45, 7) is 10.7. The maximum Gasteiger partial charge on any atom is 0.241 e. The van der Waals surface area contributed by atoms with Gasteiger partial charge in [0, 0.05) is 24.4 Å². The first kappa shape index (κ1) is 20.3. The first-order valence-corrected chi connectivity index (χ1v) is 9.31. The molecule has 5 heteroatoms. The van der Waals surface area contributed by atoms with Crippen LogP contribution in [-0.4, -0.2) is 16.9 Å². The quantitative estimate of drug-likeness (QED) is 0.489. The number of hydrogen-bond donors (Lipinski definition) is 1. The Morgan fingerprint density at radius 2 is 2.00 bits per heavy atom. The van der Waals surface area contributed by atoms with E-state index in [9.17, 15) is 14.0 Å². The van der Waals surface area contributed by atoms with E-state index < -0.39 is 11.2 Å². The molecule has 1 N–H and O–H groups in total. The number of aromatic nitrogens is 1. The minimum atomic E-state index is -0.635. The lowest BCUT2D eigenvalue weighted by Crippen LogP contribution is -2.41. The maximum absolute atomic E-state index is 13.4. The number of ketones is 1. The summed E-state index contributed by atoms with van der Waals surface area (Å²) in [5.41, 5.74) is 2.23. The van der Waals surface area contributed by atoms with Gasteiger partial charge in [-0.2, -0.15) is 0 Å². The number of nitrogens with zero attached hydrogens (tertiary/aromatic N) is 1. The van der Waals surface area contributed by atoms with Gasteiger partial charge in [0.2, 0.25) is 5.78 Å². The number of carbonyl (C=O) groups is 1. The zero-order valence-corrected chi connectivity index (χ0v) is 16.8. The van der Waals surface area contributed by atoms with Crippen LogP contribution in [0.25, 0.3) is 11.3 Å². The Balaban J connectivity index is 2.31. The average molecular weight is 390 g/mol. The Kier molecular flexibility index (Phi) is 5.30. The lowest BCUT2D eigenvalue weighted by molar-refractivity contribution is 0.105. The van der Waals surface area contributed by atoms with Crippen LogP contribution in [0.2, 0.25) is 0 Å².